The number of likely N-dealkylation sites (tertiary alicyclic amines) is 1. The molecule has 2 fully saturated rings. The molecule has 0 bridgehead atoms. The van der Waals surface area contributed by atoms with Gasteiger partial charge < -0.3 is 25.0 Å². The zero-order chi connectivity index (χ0) is 40.7. The molecule has 0 saturated carbocycles. The third kappa shape index (κ3) is 15.1. The molecular formula is C43H60N6O7S. The molecule has 2 atom stereocenters. The van der Waals surface area contributed by atoms with E-state index in [9.17, 15) is 24.0 Å². The van der Waals surface area contributed by atoms with Crippen LogP contribution in [0.4, 0.5) is 10.5 Å². The summed E-state index contributed by atoms with van der Waals surface area (Å²) in [6.45, 7) is 8.59. The summed E-state index contributed by atoms with van der Waals surface area (Å²) in [7, 11) is 0. The van der Waals surface area contributed by atoms with E-state index >= 15 is 0 Å². The number of para-hydroxylation sites is 1. The summed E-state index contributed by atoms with van der Waals surface area (Å²) in [5, 5.41) is 6.10. The van der Waals surface area contributed by atoms with Crippen LogP contribution in [0.3, 0.4) is 0 Å². The van der Waals surface area contributed by atoms with Gasteiger partial charge >= 0.3 is 12.0 Å². The summed E-state index contributed by atoms with van der Waals surface area (Å²) >= 11 is 1.88. The number of hydrogen-bond donors (Lipinski definition) is 2. The molecule has 57 heavy (non-hydrogen) atoms. The van der Waals surface area contributed by atoms with Crippen molar-refractivity contribution >= 4 is 60.1 Å². The van der Waals surface area contributed by atoms with E-state index in [0.29, 0.717) is 76.0 Å². The number of thioether (sulfide) groups is 1. The highest BCUT2D eigenvalue weighted by Crippen LogP contribution is 2.36. The van der Waals surface area contributed by atoms with E-state index in [4.69, 9.17) is 9.47 Å². The van der Waals surface area contributed by atoms with Gasteiger partial charge in [-0.1, -0.05) is 61.9 Å². The largest absolute Gasteiger partial charge is 0.464 e. The summed E-state index contributed by atoms with van der Waals surface area (Å²) < 4.78 is 11.4. The fraction of sp³-hybridized carbons (Fsp3) is 0.558. The predicted molar refractivity (Wildman–Crippen MR) is 226 cm³/mol. The maximum atomic E-state index is 14.0. The van der Waals surface area contributed by atoms with Crippen molar-refractivity contribution in [1.29, 1.82) is 0 Å². The van der Waals surface area contributed by atoms with Crippen LogP contribution < -0.4 is 15.5 Å². The second-order valence-corrected chi connectivity index (χ2v) is 15.8. The third-order valence-corrected chi connectivity index (χ3v) is 11.9. The number of carbonyl (C=O) groups is 5. The Balaban J connectivity index is 1.10. The number of nitrogens with one attached hydrogen (secondary N) is 2. The van der Waals surface area contributed by atoms with E-state index in [1.165, 1.54) is 5.56 Å². The number of piperidine rings is 1. The summed E-state index contributed by atoms with van der Waals surface area (Å²) in [5.74, 6) is 0.524. The van der Waals surface area contributed by atoms with Gasteiger partial charge in [0, 0.05) is 75.1 Å². The quantitative estimate of drug-likeness (QED) is 0.0823. The average molecular weight is 805 g/mol. The Bertz CT molecular complexity index is 1600. The lowest BCUT2D eigenvalue weighted by Gasteiger charge is -2.46. The topological polar surface area (TPSA) is 159 Å². The Labute approximate surface area is 341 Å². The van der Waals surface area contributed by atoms with Gasteiger partial charge in [0.2, 0.25) is 17.7 Å². The van der Waals surface area contributed by atoms with Crippen molar-refractivity contribution in [2.45, 2.75) is 88.3 Å². The van der Waals surface area contributed by atoms with Crippen LogP contribution in [0.2, 0.25) is 0 Å². The molecule has 14 heteroatoms. The van der Waals surface area contributed by atoms with Crippen molar-refractivity contribution in [3.63, 3.8) is 0 Å². The van der Waals surface area contributed by atoms with Crippen LogP contribution in [0.1, 0.15) is 76.7 Å². The molecule has 0 aromatic heterocycles. The molecule has 4 rings (SSSR count). The molecule has 2 aromatic carbocycles. The molecule has 2 aromatic rings. The van der Waals surface area contributed by atoms with Gasteiger partial charge in [0.05, 0.1) is 19.8 Å². The lowest BCUT2D eigenvalue weighted by Crippen LogP contribution is -2.63. The second kappa shape index (κ2) is 25.1. The number of hydrogen-bond acceptors (Lipinski definition) is 9. The van der Waals surface area contributed by atoms with Crippen LogP contribution in [-0.2, 0) is 35.1 Å². The molecular weight excluding hydrogens is 745 g/mol. The van der Waals surface area contributed by atoms with Gasteiger partial charge in [-0.05, 0) is 75.1 Å². The van der Waals surface area contributed by atoms with Crippen LogP contribution >= 0.6 is 11.8 Å². The summed E-state index contributed by atoms with van der Waals surface area (Å²) in [4.78, 5) is 74.6. The summed E-state index contributed by atoms with van der Waals surface area (Å²) in [6.07, 6.45) is 8.38. The van der Waals surface area contributed by atoms with Gasteiger partial charge in [0.25, 0.3) is 0 Å². The summed E-state index contributed by atoms with van der Waals surface area (Å²) in [5.41, 5.74) is 0.795. The number of nitrogens with zero attached hydrogens (tertiary/aromatic N) is 4. The lowest BCUT2D eigenvalue weighted by molar-refractivity contribution is -0.154. The standard InChI is InChI=1S/C43H60N6O7S/c1-3-40(52)49(36-15-8-5-9-16-36)43(22-27-48(28-23-43)26-20-34-13-6-4-7-14-34)41(53)56-29-12-19-39(51)46-25-31-55-30-24-45-38(50)18-11-10-17-37-35(21-32-57-37)33-47-42(54)44-2/h4-9,13-16,33,35,37H,2-3,10-12,17-32H2,1H3,(H,45,50)(H,46,51)/t35?,37-/m0/s1. The van der Waals surface area contributed by atoms with Gasteiger partial charge in [0.15, 0.2) is 0 Å². The number of amides is 5. The molecule has 310 valence electrons. The number of ether oxygens (including phenoxy) is 2. The molecule has 2 aliphatic heterocycles. The Morgan fingerprint density at radius 1 is 0.912 bits per heavy atom. The highest BCUT2D eigenvalue weighted by atomic mass is 32.2. The average Bonchev–Trinajstić information content (AvgIpc) is 3.70. The van der Waals surface area contributed by atoms with Crippen LogP contribution in [0, 0.1) is 5.92 Å². The Hall–Kier alpha value is -4.40. The molecule has 2 heterocycles. The zero-order valence-electron chi connectivity index (χ0n) is 33.4. The molecule has 1 unspecified atom stereocenters. The number of rotatable bonds is 23. The highest BCUT2D eigenvalue weighted by Gasteiger charge is 2.50. The lowest BCUT2D eigenvalue weighted by atomic mass is 9.84. The fourth-order valence-electron chi connectivity index (χ4n) is 7.26. The van der Waals surface area contributed by atoms with Crippen LogP contribution in [0.25, 0.3) is 0 Å². The Kier molecular flexibility index (Phi) is 19.9. The minimum atomic E-state index is -1.14. The molecule has 13 nitrogen and oxygen atoms in total. The van der Waals surface area contributed by atoms with E-state index < -0.39 is 17.5 Å². The smallest absolute Gasteiger partial charge is 0.366 e. The minimum absolute atomic E-state index is 0.0209. The van der Waals surface area contributed by atoms with E-state index in [1.807, 2.05) is 60.3 Å². The number of esters is 1. The van der Waals surface area contributed by atoms with Gasteiger partial charge in [-0.3, -0.25) is 19.3 Å². The van der Waals surface area contributed by atoms with Crippen LogP contribution in [0.5, 0.6) is 0 Å². The van der Waals surface area contributed by atoms with Crippen molar-refractivity contribution in [3.05, 3.63) is 66.2 Å². The number of aliphatic imine (C=N–C) groups is 2. The maximum Gasteiger partial charge on any atom is 0.366 e. The van der Waals surface area contributed by atoms with Gasteiger partial charge in [-0.15, -0.1) is 0 Å². The number of benzene rings is 2. The van der Waals surface area contributed by atoms with Crippen LogP contribution in [0.15, 0.2) is 70.6 Å². The van der Waals surface area contributed by atoms with Crippen LogP contribution in [-0.4, -0.2) is 117 Å². The van der Waals surface area contributed by atoms with E-state index in [1.54, 1.807) is 18.0 Å². The maximum absolute atomic E-state index is 14.0. The van der Waals surface area contributed by atoms with Crippen molar-refractivity contribution < 1.29 is 33.4 Å². The second-order valence-electron chi connectivity index (χ2n) is 14.4. The monoisotopic (exact) mass is 804 g/mol. The first-order valence-corrected chi connectivity index (χ1v) is 21.4. The van der Waals surface area contributed by atoms with Crippen molar-refractivity contribution in [2.75, 3.05) is 63.2 Å². The molecule has 2 N–H and O–H groups in total. The molecule has 2 saturated heterocycles. The highest BCUT2D eigenvalue weighted by molar-refractivity contribution is 8.00. The fourth-order valence-corrected chi connectivity index (χ4v) is 8.76. The number of unbranched alkanes of at least 4 members (excludes halogenated alkanes) is 1. The van der Waals surface area contributed by atoms with Gasteiger partial charge in [-0.2, -0.15) is 11.8 Å². The molecule has 5 amide bonds. The van der Waals surface area contributed by atoms with E-state index in [2.05, 4.69) is 44.4 Å². The van der Waals surface area contributed by atoms with Crippen molar-refractivity contribution in [1.82, 2.24) is 15.5 Å². The summed E-state index contributed by atoms with van der Waals surface area (Å²) in [6, 6.07) is 19.1. The Morgan fingerprint density at radius 2 is 1.56 bits per heavy atom. The molecule has 0 radical (unpaired) electrons. The predicted octanol–water partition coefficient (Wildman–Crippen LogP) is 5.65. The van der Waals surface area contributed by atoms with Gasteiger partial charge in [0.1, 0.15) is 5.54 Å². The zero-order valence-corrected chi connectivity index (χ0v) is 34.2. The number of anilines is 1. The van der Waals surface area contributed by atoms with Gasteiger partial charge in [-0.25, -0.2) is 19.6 Å². The minimum Gasteiger partial charge on any atom is -0.464 e. The van der Waals surface area contributed by atoms with Crippen molar-refractivity contribution in [3.8, 4) is 0 Å². The normalized spacial score (nSPS) is 17.8. The van der Waals surface area contributed by atoms with E-state index in [-0.39, 0.29) is 43.1 Å². The Morgan fingerprint density at radius 3 is 2.21 bits per heavy atom. The molecule has 2 aliphatic rings. The SMILES string of the molecule is C=NC(=O)N=CC1CCS[C@H]1CCCCC(=O)NCCOCCNC(=O)CCCOC(=O)C1(N(C(=O)CC)c2ccccc2)CCN(CCc2ccccc2)CC1. The first-order chi connectivity index (χ1) is 27.8. The number of carbonyl (C=O) groups excluding carboxylic acids is 5. The number of urea groups is 1. The molecule has 0 spiro atoms. The molecule has 0 aliphatic carbocycles. The van der Waals surface area contributed by atoms with Crippen molar-refractivity contribution in [2.24, 2.45) is 15.9 Å². The first kappa shape index (κ1) is 45.3. The van der Waals surface area contributed by atoms with E-state index in [0.717, 1.165) is 44.4 Å². The first-order valence-electron chi connectivity index (χ1n) is 20.3. The third-order valence-electron chi connectivity index (χ3n) is 10.5.